The third kappa shape index (κ3) is 3.08. The molecule has 0 bridgehead atoms. The number of ether oxygens (including phenoxy) is 1. The lowest BCUT2D eigenvalue weighted by atomic mass is 10.3. The largest absolute Gasteiger partial charge is 0.436 e. The van der Waals surface area contributed by atoms with Gasteiger partial charge in [-0.25, -0.2) is 10.8 Å². The molecule has 0 saturated heterocycles. The molecule has 3 N–H and O–H groups in total. The van der Waals surface area contributed by atoms with Gasteiger partial charge < -0.3 is 9.64 Å². The lowest BCUT2D eigenvalue weighted by Gasteiger charge is -2.13. The van der Waals surface area contributed by atoms with Crippen LogP contribution >= 0.6 is 0 Å². The van der Waals surface area contributed by atoms with Crippen LogP contribution in [0.4, 0.5) is 16.0 Å². The third-order valence-corrected chi connectivity index (χ3v) is 2.39. The number of rotatable bonds is 4. The lowest BCUT2D eigenvalue weighted by Crippen LogP contribution is -2.11. The Hall–Kier alpha value is -2.41. The molecule has 0 radical (unpaired) electrons. The SMILES string of the molecule is CN(C)c1cccc(Oc2nc(NN)ncc2F)c1. The van der Waals surface area contributed by atoms with E-state index >= 15 is 0 Å². The molecule has 6 nitrogen and oxygen atoms in total. The van der Waals surface area contributed by atoms with E-state index in [-0.39, 0.29) is 11.8 Å². The molecule has 1 heterocycles. The van der Waals surface area contributed by atoms with Gasteiger partial charge in [0, 0.05) is 25.8 Å². The van der Waals surface area contributed by atoms with E-state index in [9.17, 15) is 4.39 Å². The summed E-state index contributed by atoms with van der Waals surface area (Å²) < 4.78 is 18.9. The maximum absolute atomic E-state index is 13.5. The zero-order valence-electron chi connectivity index (χ0n) is 10.6. The summed E-state index contributed by atoms with van der Waals surface area (Å²) in [5.74, 6) is 4.89. The van der Waals surface area contributed by atoms with E-state index in [1.54, 1.807) is 12.1 Å². The van der Waals surface area contributed by atoms with Crippen LogP contribution in [0.2, 0.25) is 0 Å². The van der Waals surface area contributed by atoms with Crippen LogP contribution in [0.1, 0.15) is 0 Å². The average molecular weight is 263 g/mol. The van der Waals surface area contributed by atoms with Crippen molar-refractivity contribution in [1.82, 2.24) is 9.97 Å². The van der Waals surface area contributed by atoms with E-state index in [1.165, 1.54) is 0 Å². The van der Waals surface area contributed by atoms with Gasteiger partial charge in [-0.1, -0.05) is 6.07 Å². The van der Waals surface area contributed by atoms with E-state index in [4.69, 9.17) is 10.6 Å². The summed E-state index contributed by atoms with van der Waals surface area (Å²) in [6.07, 6.45) is 0.993. The second-order valence-electron chi connectivity index (χ2n) is 3.98. The van der Waals surface area contributed by atoms with Crippen molar-refractivity contribution in [3.63, 3.8) is 0 Å². The number of nitrogen functional groups attached to an aromatic ring is 1. The summed E-state index contributed by atoms with van der Waals surface area (Å²) in [6, 6.07) is 7.21. The highest BCUT2D eigenvalue weighted by Crippen LogP contribution is 2.25. The molecule has 0 amide bonds. The van der Waals surface area contributed by atoms with Gasteiger partial charge in [0.2, 0.25) is 11.8 Å². The zero-order chi connectivity index (χ0) is 13.8. The van der Waals surface area contributed by atoms with Crippen LogP contribution in [0.3, 0.4) is 0 Å². The Morgan fingerprint density at radius 3 is 2.84 bits per heavy atom. The molecular weight excluding hydrogens is 249 g/mol. The first-order chi connectivity index (χ1) is 9.10. The summed E-state index contributed by atoms with van der Waals surface area (Å²) in [6.45, 7) is 0. The molecule has 7 heteroatoms. The third-order valence-electron chi connectivity index (χ3n) is 2.39. The van der Waals surface area contributed by atoms with Crippen LogP contribution in [0.5, 0.6) is 11.6 Å². The molecule has 2 aromatic rings. The van der Waals surface area contributed by atoms with Crippen LogP contribution in [0.25, 0.3) is 0 Å². The van der Waals surface area contributed by atoms with Gasteiger partial charge in [-0.2, -0.15) is 9.37 Å². The molecular formula is C12H14FN5O. The second-order valence-corrected chi connectivity index (χ2v) is 3.98. The minimum absolute atomic E-state index is 0.0835. The Bertz CT molecular complexity index is 576. The molecule has 0 fully saturated rings. The standard InChI is InChI=1S/C12H14FN5O/c1-18(2)8-4-3-5-9(6-8)19-11-10(13)7-15-12(16-11)17-14/h3-7H,14H2,1-2H3,(H,15,16,17). The van der Waals surface area contributed by atoms with Crippen LogP contribution in [-0.4, -0.2) is 24.1 Å². The fourth-order valence-electron chi connectivity index (χ4n) is 1.43. The van der Waals surface area contributed by atoms with Crippen molar-refractivity contribution in [2.24, 2.45) is 5.84 Å². The highest BCUT2D eigenvalue weighted by molar-refractivity contribution is 5.50. The van der Waals surface area contributed by atoms with Crippen molar-refractivity contribution >= 4 is 11.6 Å². The Balaban J connectivity index is 2.28. The molecule has 1 aromatic carbocycles. The van der Waals surface area contributed by atoms with Gasteiger partial charge in [0.1, 0.15) is 5.75 Å². The quantitative estimate of drug-likeness (QED) is 0.646. The number of nitrogens with two attached hydrogens (primary N) is 1. The van der Waals surface area contributed by atoms with E-state index < -0.39 is 5.82 Å². The molecule has 0 saturated carbocycles. The van der Waals surface area contributed by atoms with Crippen LogP contribution in [0.15, 0.2) is 30.5 Å². The highest BCUT2D eigenvalue weighted by atomic mass is 19.1. The Morgan fingerprint density at radius 2 is 2.16 bits per heavy atom. The molecule has 2 rings (SSSR count). The number of nitrogens with zero attached hydrogens (tertiary/aromatic N) is 3. The number of aromatic nitrogens is 2. The number of hydrogen-bond acceptors (Lipinski definition) is 6. The van der Waals surface area contributed by atoms with Gasteiger partial charge in [-0.15, -0.1) is 0 Å². The van der Waals surface area contributed by atoms with Gasteiger partial charge in [-0.3, -0.25) is 5.43 Å². The number of nitrogens with one attached hydrogen (secondary N) is 1. The van der Waals surface area contributed by atoms with Crippen molar-refractivity contribution in [3.8, 4) is 11.6 Å². The first-order valence-corrected chi connectivity index (χ1v) is 5.54. The Labute approximate surface area is 110 Å². The molecule has 100 valence electrons. The smallest absolute Gasteiger partial charge is 0.260 e. The average Bonchev–Trinajstić information content (AvgIpc) is 2.41. The van der Waals surface area contributed by atoms with E-state index in [0.29, 0.717) is 5.75 Å². The highest BCUT2D eigenvalue weighted by Gasteiger charge is 2.09. The maximum atomic E-state index is 13.5. The van der Waals surface area contributed by atoms with Crippen molar-refractivity contribution < 1.29 is 9.13 Å². The first-order valence-electron chi connectivity index (χ1n) is 5.54. The number of halogens is 1. The maximum Gasteiger partial charge on any atom is 0.260 e. The van der Waals surface area contributed by atoms with E-state index in [2.05, 4.69) is 15.4 Å². The van der Waals surface area contributed by atoms with Gasteiger partial charge in [0.05, 0.1) is 6.20 Å². The predicted molar refractivity (Wildman–Crippen MR) is 70.6 cm³/mol. The summed E-state index contributed by atoms with van der Waals surface area (Å²) in [4.78, 5) is 9.35. The summed E-state index contributed by atoms with van der Waals surface area (Å²) in [5, 5.41) is 0. The number of hydrogen-bond donors (Lipinski definition) is 2. The van der Waals surface area contributed by atoms with E-state index in [0.717, 1.165) is 11.9 Å². The summed E-state index contributed by atoms with van der Waals surface area (Å²) in [5.41, 5.74) is 3.17. The Kier molecular flexibility index (Phi) is 3.76. The minimum atomic E-state index is -0.658. The van der Waals surface area contributed by atoms with Gasteiger partial charge in [0.15, 0.2) is 0 Å². The Morgan fingerprint density at radius 1 is 1.37 bits per heavy atom. The lowest BCUT2D eigenvalue weighted by molar-refractivity contribution is 0.420. The second kappa shape index (κ2) is 5.49. The van der Waals surface area contributed by atoms with Crippen LogP contribution in [0, 0.1) is 5.82 Å². The fourth-order valence-corrected chi connectivity index (χ4v) is 1.43. The van der Waals surface area contributed by atoms with Crippen molar-refractivity contribution in [1.29, 1.82) is 0 Å². The van der Waals surface area contributed by atoms with Gasteiger partial charge in [-0.05, 0) is 12.1 Å². The topological polar surface area (TPSA) is 76.3 Å². The predicted octanol–water partition coefficient (Wildman–Crippen LogP) is 1.76. The minimum Gasteiger partial charge on any atom is -0.436 e. The monoisotopic (exact) mass is 263 g/mol. The zero-order valence-corrected chi connectivity index (χ0v) is 10.6. The fraction of sp³-hybridized carbons (Fsp3) is 0.167. The molecule has 0 unspecified atom stereocenters. The normalized spacial score (nSPS) is 10.1. The van der Waals surface area contributed by atoms with Crippen molar-refractivity contribution in [2.45, 2.75) is 0 Å². The molecule has 0 aliphatic rings. The molecule has 0 atom stereocenters. The molecule has 1 aromatic heterocycles. The molecule has 0 aliphatic heterocycles. The molecule has 0 aliphatic carbocycles. The van der Waals surface area contributed by atoms with E-state index in [1.807, 2.05) is 31.1 Å². The van der Waals surface area contributed by atoms with Crippen LogP contribution in [-0.2, 0) is 0 Å². The summed E-state index contributed by atoms with van der Waals surface area (Å²) >= 11 is 0. The number of anilines is 2. The van der Waals surface area contributed by atoms with Gasteiger partial charge >= 0.3 is 0 Å². The number of hydrazine groups is 1. The molecule has 0 spiro atoms. The molecule has 19 heavy (non-hydrogen) atoms. The van der Waals surface area contributed by atoms with Crippen molar-refractivity contribution in [2.75, 3.05) is 24.4 Å². The summed E-state index contributed by atoms with van der Waals surface area (Å²) in [7, 11) is 3.81. The van der Waals surface area contributed by atoms with Gasteiger partial charge in [0.25, 0.3) is 5.88 Å². The van der Waals surface area contributed by atoms with Crippen molar-refractivity contribution in [3.05, 3.63) is 36.3 Å². The van der Waals surface area contributed by atoms with Crippen LogP contribution < -0.4 is 20.9 Å². The number of benzene rings is 1. The first kappa shape index (κ1) is 13.0.